The fraction of sp³-hybridized carbons (Fsp3) is 0.0714. The number of nitrogens with two attached hydrogens (primary N) is 1. The van der Waals surface area contributed by atoms with Gasteiger partial charge in [0.05, 0.1) is 5.56 Å². The van der Waals surface area contributed by atoms with Crippen LogP contribution in [0.15, 0.2) is 40.9 Å². The number of rotatable bonds is 2. The van der Waals surface area contributed by atoms with Crippen LogP contribution in [0.1, 0.15) is 21.5 Å². The molecular weight excluding hydrogens is 354 g/mol. The largest absolute Gasteiger partial charge is 0.419 e. The van der Waals surface area contributed by atoms with Gasteiger partial charge in [-0.1, -0.05) is 6.07 Å². The average Bonchev–Trinajstić information content (AvgIpc) is 2.39. The van der Waals surface area contributed by atoms with Gasteiger partial charge in [-0.25, -0.2) is 4.39 Å². The highest BCUT2D eigenvalue weighted by atomic mass is 79.9. The zero-order valence-electron chi connectivity index (χ0n) is 10.3. The molecule has 0 spiro atoms. The van der Waals surface area contributed by atoms with Gasteiger partial charge in [0.15, 0.2) is 5.78 Å². The summed E-state index contributed by atoms with van der Waals surface area (Å²) in [6, 6.07) is 6.38. The molecule has 0 bridgehead atoms. The van der Waals surface area contributed by atoms with Crippen LogP contribution in [-0.4, -0.2) is 5.78 Å². The summed E-state index contributed by atoms with van der Waals surface area (Å²) in [4.78, 5) is 12.1. The quantitative estimate of drug-likeness (QED) is 0.488. The molecule has 0 atom stereocenters. The van der Waals surface area contributed by atoms with Gasteiger partial charge < -0.3 is 5.73 Å². The molecule has 0 saturated carbocycles. The summed E-state index contributed by atoms with van der Waals surface area (Å²) in [7, 11) is 0. The number of alkyl halides is 3. The van der Waals surface area contributed by atoms with E-state index in [0.717, 1.165) is 6.07 Å². The molecule has 2 nitrogen and oxygen atoms in total. The highest BCUT2D eigenvalue weighted by Gasteiger charge is 2.34. The average molecular weight is 362 g/mol. The molecule has 0 aliphatic heterocycles. The van der Waals surface area contributed by atoms with Gasteiger partial charge in [-0.15, -0.1) is 0 Å². The van der Waals surface area contributed by atoms with Crippen molar-refractivity contribution in [3.8, 4) is 0 Å². The number of halogens is 5. The fourth-order valence-corrected chi connectivity index (χ4v) is 2.10. The van der Waals surface area contributed by atoms with Crippen LogP contribution in [0, 0.1) is 5.82 Å². The van der Waals surface area contributed by atoms with E-state index in [-0.39, 0.29) is 11.1 Å². The lowest BCUT2D eigenvalue weighted by molar-refractivity contribution is -0.140. The second-order valence-corrected chi connectivity index (χ2v) is 5.11. The van der Waals surface area contributed by atoms with Crippen LogP contribution in [0.2, 0.25) is 0 Å². The SMILES string of the molecule is Nc1ccc(C(=O)c2ccc(C(F)(F)F)c(F)c2)cc1Br. The van der Waals surface area contributed by atoms with E-state index in [9.17, 15) is 22.4 Å². The summed E-state index contributed by atoms with van der Waals surface area (Å²) in [5, 5.41) is 0. The predicted octanol–water partition coefficient (Wildman–Crippen LogP) is 4.42. The number of ketones is 1. The van der Waals surface area contributed by atoms with Crippen LogP contribution >= 0.6 is 15.9 Å². The first-order chi connectivity index (χ1) is 9.70. The number of carbonyl (C=O) groups is 1. The maximum atomic E-state index is 13.5. The van der Waals surface area contributed by atoms with E-state index in [2.05, 4.69) is 15.9 Å². The summed E-state index contributed by atoms with van der Waals surface area (Å²) in [6.07, 6.45) is -4.80. The number of benzene rings is 2. The monoisotopic (exact) mass is 361 g/mol. The van der Waals surface area contributed by atoms with Crippen molar-refractivity contribution in [1.29, 1.82) is 0 Å². The van der Waals surface area contributed by atoms with Gasteiger partial charge in [0.2, 0.25) is 0 Å². The van der Waals surface area contributed by atoms with E-state index in [1.165, 1.54) is 18.2 Å². The number of carbonyl (C=O) groups excluding carboxylic acids is 1. The zero-order valence-corrected chi connectivity index (χ0v) is 11.9. The van der Waals surface area contributed by atoms with Crippen molar-refractivity contribution in [2.45, 2.75) is 6.18 Å². The first kappa shape index (κ1) is 15.5. The molecule has 0 aliphatic rings. The Morgan fingerprint density at radius 2 is 1.62 bits per heavy atom. The molecule has 0 unspecified atom stereocenters. The molecule has 110 valence electrons. The second kappa shape index (κ2) is 5.48. The lowest BCUT2D eigenvalue weighted by Crippen LogP contribution is -2.10. The third-order valence-electron chi connectivity index (χ3n) is 2.80. The van der Waals surface area contributed by atoms with E-state index in [0.29, 0.717) is 22.3 Å². The van der Waals surface area contributed by atoms with Crippen molar-refractivity contribution in [2.75, 3.05) is 5.73 Å². The molecule has 0 saturated heterocycles. The lowest BCUT2D eigenvalue weighted by atomic mass is 10.0. The Labute approximate surface area is 125 Å². The Bertz CT molecular complexity index is 713. The van der Waals surface area contributed by atoms with E-state index < -0.39 is 23.3 Å². The Morgan fingerprint density at radius 3 is 2.14 bits per heavy atom. The van der Waals surface area contributed by atoms with E-state index in [4.69, 9.17) is 5.73 Å². The van der Waals surface area contributed by atoms with Crippen molar-refractivity contribution >= 4 is 27.4 Å². The van der Waals surface area contributed by atoms with Gasteiger partial charge in [0, 0.05) is 21.3 Å². The first-order valence-electron chi connectivity index (χ1n) is 5.66. The summed E-state index contributed by atoms with van der Waals surface area (Å²) in [6.45, 7) is 0. The fourth-order valence-electron chi connectivity index (χ4n) is 1.72. The maximum absolute atomic E-state index is 13.5. The van der Waals surface area contributed by atoms with Gasteiger partial charge in [0.1, 0.15) is 5.82 Å². The molecular formula is C14H8BrF4NO. The summed E-state index contributed by atoms with van der Waals surface area (Å²) in [5.41, 5.74) is 4.60. The molecule has 21 heavy (non-hydrogen) atoms. The minimum Gasteiger partial charge on any atom is -0.398 e. The topological polar surface area (TPSA) is 43.1 Å². The minimum atomic E-state index is -4.80. The second-order valence-electron chi connectivity index (χ2n) is 4.26. The smallest absolute Gasteiger partial charge is 0.398 e. The highest BCUT2D eigenvalue weighted by Crippen LogP contribution is 2.32. The normalized spacial score (nSPS) is 11.5. The Kier molecular flexibility index (Phi) is 4.04. The Balaban J connectivity index is 2.40. The van der Waals surface area contributed by atoms with Crippen LogP contribution in [0.5, 0.6) is 0 Å². The third-order valence-corrected chi connectivity index (χ3v) is 3.49. The van der Waals surface area contributed by atoms with Crippen molar-refractivity contribution in [3.05, 3.63) is 63.4 Å². The maximum Gasteiger partial charge on any atom is 0.419 e. The van der Waals surface area contributed by atoms with E-state index in [1.807, 2.05) is 0 Å². The van der Waals surface area contributed by atoms with Crippen molar-refractivity contribution < 1.29 is 22.4 Å². The summed E-state index contributed by atoms with van der Waals surface area (Å²) in [5.74, 6) is -2.08. The molecule has 2 aromatic rings. The van der Waals surface area contributed by atoms with Crippen molar-refractivity contribution in [1.82, 2.24) is 0 Å². The van der Waals surface area contributed by atoms with Crippen molar-refractivity contribution in [3.63, 3.8) is 0 Å². The summed E-state index contributed by atoms with van der Waals surface area (Å²) >= 11 is 3.14. The Morgan fingerprint density at radius 1 is 1.05 bits per heavy atom. The lowest BCUT2D eigenvalue weighted by Gasteiger charge is -2.09. The molecule has 2 aromatic carbocycles. The number of anilines is 1. The molecule has 0 amide bonds. The molecule has 0 heterocycles. The predicted molar refractivity (Wildman–Crippen MR) is 73.4 cm³/mol. The van der Waals surface area contributed by atoms with Gasteiger partial charge >= 0.3 is 6.18 Å². The highest BCUT2D eigenvalue weighted by molar-refractivity contribution is 9.10. The van der Waals surface area contributed by atoms with Gasteiger partial charge in [-0.3, -0.25) is 4.79 Å². The van der Waals surface area contributed by atoms with Crippen LogP contribution in [0.3, 0.4) is 0 Å². The molecule has 2 N–H and O–H groups in total. The van der Waals surface area contributed by atoms with Crippen LogP contribution in [0.4, 0.5) is 23.2 Å². The van der Waals surface area contributed by atoms with Gasteiger partial charge in [-0.2, -0.15) is 13.2 Å². The molecule has 7 heteroatoms. The number of nitrogen functional groups attached to an aromatic ring is 1. The molecule has 0 aromatic heterocycles. The molecule has 0 aliphatic carbocycles. The molecule has 2 rings (SSSR count). The van der Waals surface area contributed by atoms with Gasteiger partial charge in [-0.05, 0) is 46.3 Å². The van der Waals surface area contributed by atoms with E-state index in [1.54, 1.807) is 0 Å². The summed E-state index contributed by atoms with van der Waals surface area (Å²) < 4.78 is 51.3. The zero-order chi connectivity index (χ0) is 15.8. The Hall–Kier alpha value is -1.89. The minimum absolute atomic E-state index is 0.169. The first-order valence-corrected chi connectivity index (χ1v) is 6.46. The number of hydrogen-bond donors (Lipinski definition) is 1. The molecule has 0 fully saturated rings. The standard InChI is InChI=1S/C14H8BrF4NO/c15-10-5-7(2-4-12(10)20)13(21)8-1-3-9(11(16)6-8)14(17,18)19/h1-6H,20H2. The van der Waals surface area contributed by atoms with Gasteiger partial charge in [0.25, 0.3) is 0 Å². The number of hydrogen-bond acceptors (Lipinski definition) is 2. The van der Waals surface area contributed by atoms with E-state index >= 15 is 0 Å². The third kappa shape index (κ3) is 3.24. The molecule has 0 radical (unpaired) electrons. The van der Waals surface area contributed by atoms with Crippen LogP contribution < -0.4 is 5.73 Å². The van der Waals surface area contributed by atoms with Crippen LogP contribution in [0.25, 0.3) is 0 Å². The van der Waals surface area contributed by atoms with Crippen molar-refractivity contribution in [2.24, 2.45) is 0 Å². The van der Waals surface area contributed by atoms with Crippen LogP contribution in [-0.2, 0) is 6.18 Å².